The van der Waals surface area contributed by atoms with Crippen LogP contribution in [0.25, 0.3) is 22.2 Å². The Balaban J connectivity index is 0.000000383. The number of aryl methyl sites for hydroxylation is 1. The molecule has 3 aromatic heterocycles. The minimum atomic E-state index is -3.67. The number of pyridine rings is 1. The molecule has 0 aliphatic carbocycles. The molecule has 0 radical (unpaired) electrons. The van der Waals surface area contributed by atoms with Gasteiger partial charge in [-0.05, 0) is 24.6 Å². The van der Waals surface area contributed by atoms with E-state index in [1.807, 2.05) is 0 Å². The molecule has 0 spiro atoms. The van der Waals surface area contributed by atoms with Gasteiger partial charge in [0.15, 0.2) is 5.82 Å². The van der Waals surface area contributed by atoms with Gasteiger partial charge in [-0.25, -0.2) is 13.8 Å². The minimum Gasteiger partial charge on any atom is -0.396 e. The van der Waals surface area contributed by atoms with Gasteiger partial charge in [0.25, 0.3) is 10.1 Å². The highest BCUT2D eigenvalue weighted by Crippen LogP contribution is 2.28. The third-order valence-electron chi connectivity index (χ3n) is 4.62. The molecule has 4 rings (SSSR count). The van der Waals surface area contributed by atoms with Crippen LogP contribution >= 0.6 is 0 Å². The van der Waals surface area contributed by atoms with Crippen molar-refractivity contribution in [2.75, 3.05) is 11.5 Å². The van der Waals surface area contributed by atoms with Gasteiger partial charge in [-0.3, -0.25) is 14.0 Å². The number of anilines is 1. The van der Waals surface area contributed by atoms with Gasteiger partial charge < -0.3 is 10.7 Å². The number of ketones is 1. The predicted octanol–water partition coefficient (Wildman–Crippen LogP) is 3.34. The van der Waals surface area contributed by atoms with Crippen LogP contribution in [0, 0.1) is 11.6 Å². The average molecular weight is 477 g/mol. The number of nitrogens with zero attached hydrogens (tertiary/aromatic N) is 3. The summed E-state index contributed by atoms with van der Waals surface area (Å²) in [6, 6.07) is 3.78. The molecule has 9 nitrogen and oxygen atoms in total. The molecule has 0 atom stereocenters. The van der Waals surface area contributed by atoms with E-state index >= 15 is 0 Å². The summed E-state index contributed by atoms with van der Waals surface area (Å²) >= 11 is 0. The molecule has 174 valence electrons. The van der Waals surface area contributed by atoms with Gasteiger partial charge in [0, 0.05) is 47.7 Å². The number of carbonyl (C=O) groups is 1. The standard InChI is InChI=1S/C18H13F2N5O.C3H8O3S/c1-25-8-10(6-24-25)9-4-11-12(7-23-18(11)22-5-9)17(26)15-13(19)2-3-14(21)16(15)20;1-2-3-7(4,5)6/h2-8H,21H2,1H3,(H,22,23);2-3H2,1H3,(H,4,5,6). The van der Waals surface area contributed by atoms with Gasteiger partial charge in [0.05, 0.1) is 23.2 Å². The molecule has 0 aliphatic rings. The molecule has 0 amide bonds. The van der Waals surface area contributed by atoms with Crippen molar-refractivity contribution in [2.24, 2.45) is 7.05 Å². The van der Waals surface area contributed by atoms with Crippen LogP contribution in [-0.2, 0) is 17.2 Å². The van der Waals surface area contributed by atoms with Crippen LogP contribution in [0.1, 0.15) is 29.3 Å². The fraction of sp³-hybridized carbons (Fsp3) is 0.190. The summed E-state index contributed by atoms with van der Waals surface area (Å²) in [5.74, 6) is -2.97. The largest absolute Gasteiger partial charge is 0.396 e. The van der Waals surface area contributed by atoms with E-state index in [0.717, 1.165) is 23.3 Å². The van der Waals surface area contributed by atoms with E-state index in [-0.39, 0.29) is 17.0 Å². The summed E-state index contributed by atoms with van der Waals surface area (Å²) in [6.07, 6.45) is 6.95. The number of nitrogens with two attached hydrogens (primary N) is 1. The summed E-state index contributed by atoms with van der Waals surface area (Å²) in [7, 11) is -1.89. The van der Waals surface area contributed by atoms with Crippen molar-refractivity contribution >= 4 is 32.6 Å². The van der Waals surface area contributed by atoms with Crippen LogP contribution in [0.3, 0.4) is 0 Å². The zero-order valence-electron chi connectivity index (χ0n) is 17.7. The number of hydrogen-bond acceptors (Lipinski definition) is 6. The third kappa shape index (κ3) is 5.41. The van der Waals surface area contributed by atoms with Crippen LogP contribution < -0.4 is 5.73 Å². The van der Waals surface area contributed by atoms with Crippen molar-refractivity contribution in [2.45, 2.75) is 13.3 Å². The van der Waals surface area contributed by atoms with Crippen molar-refractivity contribution in [3.8, 4) is 11.1 Å². The van der Waals surface area contributed by atoms with Crippen LogP contribution in [0.4, 0.5) is 14.5 Å². The molecule has 1 aromatic carbocycles. The Morgan fingerprint density at radius 1 is 1.24 bits per heavy atom. The molecule has 0 aliphatic heterocycles. The summed E-state index contributed by atoms with van der Waals surface area (Å²) in [4.78, 5) is 19.9. The van der Waals surface area contributed by atoms with Crippen molar-refractivity contribution < 1.29 is 26.5 Å². The van der Waals surface area contributed by atoms with E-state index < -0.39 is 33.1 Å². The Bertz CT molecular complexity index is 1430. The lowest BCUT2D eigenvalue weighted by molar-refractivity contribution is 0.103. The van der Waals surface area contributed by atoms with E-state index in [2.05, 4.69) is 15.1 Å². The first-order valence-corrected chi connectivity index (χ1v) is 11.3. The minimum absolute atomic E-state index is 0.113. The lowest BCUT2D eigenvalue weighted by Gasteiger charge is -2.06. The molecule has 0 saturated carbocycles. The molecule has 4 N–H and O–H groups in total. The molecule has 0 saturated heterocycles. The number of hydrogen-bond donors (Lipinski definition) is 3. The number of aromatic amines is 1. The van der Waals surface area contributed by atoms with Crippen molar-refractivity contribution in [1.82, 2.24) is 19.7 Å². The molecular weight excluding hydrogens is 456 g/mol. The molecule has 33 heavy (non-hydrogen) atoms. The zero-order chi connectivity index (χ0) is 24.3. The third-order valence-corrected chi connectivity index (χ3v) is 5.55. The number of rotatable bonds is 5. The normalized spacial score (nSPS) is 11.3. The second-order valence-electron chi connectivity index (χ2n) is 7.17. The number of nitrogen functional groups attached to an aromatic ring is 1. The van der Waals surface area contributed by atoms with Crippen molar-refractivity contribution in [3.05, 3.63) is 65.7 Å². The van der Waals surface area contributed by atoms with Crippen LogP contribution in [0.2, 0.25) is 0 Å². The maximum absolute atomic E-state index is 14.2. The monoisotopic (exact) mass is 477 g/mol. The summed E-state index contributed by atoms with van der Waals surface area (Å²) in [6.45, 7) is 1.69. The van der Waals surface area contributed by atoms with Gasteiger partial charge in [0.1, 0.15) is 11.5 Å². The Hall–Kier alpha value is -3.64. The van der Waals surface area contributed by atoms with Gasteiger partial charge in [-0.1, -0.05) is 6.92 Å². The number of aromatic nitrogens is 4. The van der Waals surface area contributed by atoms with E-state index in [9.17, 15) is 22.0 Å². The van der Waals surface area contributed by atoms with E-state index in [1.54, 1.807) is 43.3 Å². The first-order valence-electron chi connectivity index (χ1n) is 9.71. The van der Waals surface area contributed by atoms with Crippen LogP contribution in [0.5, 0.6) is 0 Å². The Kier molecular flexibility index (Phi) is 6.89. The summed E-state index contributed by atoms with van der Waals surface area (Å²) in [5, 5.41) is 4.56. The summed E-state index contributed by atoms with van der Waals surface area (Å²) < 4.78 is 57.5. The highest BCUT2D eigenvalue weighted by molar-refractivity contribution is 7.85. The number of nitrogens with one attached hydrogen (secondary N) is 1. The first-order chi connectivity index (χ1) is 15.5. The topological polar surface area (TPSA) is 144 Å². The fourth-order valence-electron chi connectivity index (χ4n) is 3.09. The maximum atomic E-state index is 14.2. The second kappa shape index (κ2) is 9.46. The van der Waals surface area contributed by atoms with Gasteiger partial charge in [-0.2, -0.15) is 13.5 Å². The van der Waals surface area contributed by atoms with E-state index in [0.29, 0.717) is 17.5 Å². The molecular formula is C21H21F2N5O4S. The van der Waals surface area contributed by atoms with E-state index in [4.69, 9.17) is 10.3 Å². The average Bonchev–Trinajstić information content (AvgIpc) is 3.36. The fourth-order valence-corrected chi connectivity index (χ4v) is 3.60. The molecule has 0 fully saturated rings. The van der Waals surface area contributed by atoms with Gasteiger partial charge in [-0.15, -0.1) is 0 Å². The number of benzene rings is 1. The first kappa shape index (κ1) is 24.0. The van der Waals surface area contributed by atoms with Crippen LogP contribution in [0.15, 0.2) is 43.0 Å². The quantitative estimate of drug-likeness (QED) is 0.227. The Morgan fingerprint density at radius 2 is 1.97 bits per heavy atom. The van der Waals surface area contributed by atoms with Gasteiger partial charge >= 0.3 is 0 Å². The SMILES string of the molecule is CCCS(=O)(=O)O.Cn1cc(-c2cnc3[nH]cc(C(=O)c4c(F)ccc(N)c4F)c3c2)cn1. The zero-order valence-corrected chi connectivity index (χ0v) is 18.5. The number of fused-ring (bicyclic) bond motifs is 1. The summed E-state index contributed by atoms with van der Waals surface area (Å²) in [5.41, 5.74) is 6.59. The number of H-pyrrole nitrogens is 1. The lowest BCUT2D eigenvalue weighted by Crippen LogP contribution is -2.09. The molecule has 0 bridgehead atoms. The molecule has 0 unspecified atom stereocenters. The van der Waals surface area contributed by atoms with E-state index in [1.165, 1.54) is 6.20 Å². The molecule has 4 aromatic rings. The van der Waals surface area contributed by atoms with Crippen molar-refractivity contribution in [1.29, 1.82) is 0 Å². The van der Waals surface area contributed by atoms with Crippen LogP contribution in [-0.4, -0.2) is 44.3 Å². The maximum Gasteiger partial charge on any atom is 0.264 e. The lowest BCUT2D eigenvalue weighted by atomic mass is 10.0. The highest BCUT2D eigenvalue weighted by Gasteiger charge is 2.24. The molecule has 12 heteroatoms. The van der Waals surface area contributed by atoms with Crippen molar-refractivity contribution in [3.63, 3.8) is 0 Å². The second-order valence-corrected chi connectivity index (χ2v) is 8.74. The smallest absolute Gasteiger partial charge is 0.264 e. The molecule has 3 heterocycles. The van der Waals surface area contributed by atoms with Gasteiger partial charge in [0.2, 0.25) is 5.78 Å². The Labute approximate surface area is 188 Å². The highest BCUT2D eigenvalue weighted by atomic mass is 32.2. The number of carbonyl (C=O) groups excluding carboxylic acids is 1. The predicted molar refractivity (Wildman–Crippen MR) is 119 cm³/mol. The number of halogens is 2. The Morgan fingerprint density at radius 3 is 2.55 bits per heavy atom.